The first-order valence-corrected chi connectivity index (χ1v) is 7.38. The zero-order valence-corrected chi connectivity index (χ0v) is 12.4. The fourth-order valence-corrected chi connectivity index (χ4v) is 2.47. The summed E-state index contributed by atoms with van der Waals surface area (Å²) in [7, 11) is 0. The van der Waals surface area contributed by atoms with Gasteiger partial charge in [0.2, 0.25) is 0 Å². The van der Waals surface area contributed by atoms with Gasteiger partial charge in [0.25, 0.3) is 5.56 Å². The Morgan fingerprint density at radius 3 is 2.65 bits per heavy atom. The molecule has 0 fully saturated rings. The normalized spacial score (nSPS) is 10.7. The van der Waals surface area contributed by atoms with Gasteiger partial charge in [-0.05, 0) is 24.8 Å². The Morgan fingerprint density at radius 2 is 1.95 bits per heavy atom. The van der Waals surface area contributed by atoms with E-state index in [9.17, 15) is 4.79 Å². The molecule has 0 aliphatic carbocycles. The summed E-state index contributed by atoms with van der Waals surface area (Å²) in [5, 5.41) is 0.285. The molecule has 4 heteroatoms. The third-order valence-electron chi connectivity index (χ3n) is 3.31. The molecule has 2 rings (SSSR count). The number of unbranched alkanes of at least 4 members (excludes halogenated alkanes) is 1. The van der Waals surface area contributed by atoms with Gasteiger partial charge in [0.15, 0.2) is 0 Å². The summed E-state index contributed by atoms with van der Waals surface area (Å²) in [5.74, 6) is 0.766. The second kappa shape index (κ2) is 7.25. The number of rotatable bonds is 6. The predicted molar refractivity (Wildman–Crippen MR) is 82.3 cm³/mol. The van der Waals surface area contributed by atoms with Crippen LogP contribution >= 0.6 is 11.6 Å². The standard InChI is InChI=1S/C16H19ClN2O/c1-2-15-18-14(17)12-16(20)19(15)11-7-6-10-13-8-4-3-5-9-13/h3-5,8-9,12H,2,6-7,10-11H2,1H3. The lowest BCUT2D eigenvalue weighted by Crippen LogP contribution is -2.24. The van der Waals surface area contributed by atoms with Crippen LogP contribution < -0.4 is 5.56 Å². The smallest absolute Gasteiger partial charge is 0.254 e. The molecule has 1 aromatic heterocycles. The number of benzene rings is 1. The molecule has 20 heavy (non-hydrogen) atoms. The average Bonchev–Trinajstić information content (AvgIpc) is 2.45. The maximum absolute atomic E-state index is 11.9. The van der Waals surface area contributed by atoms with E-state index in [4.69, 9.17) is 11.6 Å². The van der Waals surface area contributed by atoms with Crippen molar-refractivity contribution in [2.24, 2.45) is 0 Å². The number of aryl methyl sites for hydroxylation is 2. The van der Waals surface area contributed by atoms with E-state index < -0.39 is 0 Å². The minimum Gasteiger partial charge on any atom is -0.297 e. The van der Waals surface area contributed by atoms with Crippen LogP contribution in [-0.4, -0.2) is 9.55 Å². The molecule has 0 unspecified atom stereocenters. The first-order valence-electron chi connectivity index (χ1n) is 7.01. The fraction of sp³-hybridized carbons (Fsp3) is 0.375. The summed E-state index contributed by atoms with van der Waals surface area (Å²) >= 11 is 5.82. The highest BCUT2D eigenvalue weighted by Crippen LogP contribution is 2.07. The molecule has 0 aliphatic heterocycles. The fourth-order valence-electron chi connectivity index (χ4n) is 2.28. The summed E-state index contributed by atoms with van der Waals surface area (Å²) in [6, 6.07) is 11.8. The van der Waals surface area contributed by atoms with Crippen molar-refractivity contribution in [3.05, 3.63) is 63.3 Å². The first kappa shape index (κ1) is 14.8. The summed E-state index contributed by atoms with van der Waals surface area (Å²) in [4.78, 5) is 16.1. The predicted octanol–water partition coefficient (Wildman–Crippen LogP) is 3.48. The Bertz CT molecular complexity index is 608. The van der Waals surface area contributed by atoms with Crippen LogP contribution in [-0.2, 0) is 19.4 Å². The van der Waals surface area contributed by atoms with Gasteiger partial charge in [0, 0.05) is 19.0 Å². The first-order chi connectivity index (χ1) is 9.70. The molecule has 106 valence electrons. The van der Waals surface area contributed by atoms with E-state index in [1.54, 1.807) is 4.57 Å². The van der Waals surface area contributed by atoms with Crippen molar-refractivity contribution in [3.63, 3.8) is 0 Å². The van der Waals surface area contributed by atoms with Gasteiger partial charge in [-0.2, -0.15) is 0 Å². The largest absolute Gasteiger partial charge is 0.297 e. The van der Waals surface area contributed by atoms with Crippen molar-refractivity contribution in [3.8, 4) is 0 Å². The molecule has 0 saturated carbocycles. The van der Waals surface area contributed by atoms with Crippen LogP contribution in [0.3, 0.4) is 0 Å². The van der Waals surface area contributed by atoms with E-state index in [0.717, 1.165) is 25.1 Å². The van der Waals surface area contributed by atoms with Crippen molar-refractivity contribution in [1.82, 2.24) is 9.55 Å². The van der Waals surface area contributed by atoms with Gasteiger partial charge in [0.05, 0.1) is 0 Å². The van der Waals surface area contributed by atoms with Crippen molar-refractivity contribution in [2.75, 3.05) is 0 Å². The van der Waals surface area contributed by atoms with E-state index in [2.05, 4.69) is 29.2 Å². The van der Waals surface area contributed by atoms with Gasteiger partial charge in [0.1, 0.15) is 11.0 Å². The second-order valence-corrected chi connectivity index (χ2v) is 5.17. The van der Waals surface area contributed by atoms with Crippen LogP contribution in [0.5, 0.6) is 0 Å². The number of aromatic nitrogens is 2. The number of hydrogen-bond acceptors (Lipinski definition) is 2. The molecule has 0 atom stereocenters. The highest BCUT2D eigenvalue weighted by Gasteiger charge is 2.05. The van der Waals surface area contributed by atoms with Crippen molar-refractivity contribution in [2.45, 2.75) is 39.2 Å². The average molecular weight is 291 g/mol. The molecule has 0 bridgehead atoms. The van der Waals surface area contributed by atoms with Gasteiger partial charge >= 0.3 is 0 Å². The third kappa shape index (κ3) is 3.94. The zero-order valence-electron chi connectivity index (χ0n) is 11.7. The van der Waals surface area contributed by atoms with E-state index in [0.29, 0.717) is 13.0 Å². The molecular weight excluding hydrogens is 272 g/mol. The second-order valence-electron chi connectivity index (χ2n) is 4.78. The molecule has 0 N–H and O–H groups in total. The van der Waals surface area contributed by atoms with Crippen LogP contribution in [0.25, 0.3) is 0 Å². The summed E-state index contributed by atoms with van der Waals surface area (Å²) in [6.07, 6.45) is 3.78. The van der Waals surface area contributed by atoms with Crippen LogP contribution in [0.2, 0.25) is 5.15 Å². The molecule has 0 spiro atoms. The van der Waals surface area contributed by atoms with Crippen molar-refractivity contribution >= 4 is 11.6 Å². The van der Waals surface area contributed by atoms with Gasteiger partial charge in [-0.3, -0.25) is 9.36 Å². The number of nitrogens with zero attached hydrogens (tertiary/aromatic N) is 2. The monoisotopic (exact) mass is 290 g/mol. The Kier molecular flexibility index (Phi) is 5.36. The van der Waals surface area contributed by atoms with Crippen LogP contribution in [0, 0.1) is 0 Å². The Hall–Kier alpha value is -1.61. The number of hydrogen-bond donors (Lipinski definition) is 0. The van der Waals surface area contributed by atoms with Crippen molar-refractivity contribution < 1.29 is 0 Å². The third-order valence-corrected chi connectivity index (χ3v) is 3.51. The molecule has 1 heterocycles. The van der Waals surface area contributed by atoms with E-state index in [1.165, 1.54) is 11.6 Å². The molecule has 0 radical (unpaired) electrons. The molecule has 1 aromatic carbocycles. The SMILES string of the molecule is CCc1nc(Cl)cc(=O)n1CCCCc1ccccc1. The molecule has 2 aromatic rings. The van der Waals surface area contributed by atoms with Crippen LogP contribution in [0.4, 0.5) is 0 Å². The highest BCUT2D eigenvalue weighted by molar-refractivity contribution is 6.29. The van der Waals surface area contributed by atoms with E-state index in [1.807, 2.05) is 13.0 Å². The zero-order chi connectivity index (χ0) is 14.4. The maximum atomic E-state index is 11.9. The molecule has 3 nitrogen and oxygen atoms in total. The number of halogens is 1. The minimum absolute atomic E-state index is 0.0541. The lowest BCUT2D eigenvalue weighted by atomic mass is 10.1. The summed E-state index contributed by atoms with van der Waals surface area (Å²) < 4.78 is 1.73. The topological polar surface area (TPSA) is 34.9 Å². The quantitative estimate of drug-likeness (QED) is 0.603. The van der Waals surface area contributed by atoms with Crippen LogP contribution in [0.15, 0.2) is 41.2 Å². The lowest BCUT2D eigenvalue weighted by Gasteiger charge is -2.10. The van der Waals surface area contributed by atoms with Gasteiger partial charge < -0.3 is 0 Å². The lowest BCUT2D eigenvalue weighted by molar-refractivity contribution is 0.560. The van der Waals surface area contributed by atoms with Crippen molar-refractivity contribution in [1.29, 1.82) is 0 Å². The summed E-state index contributed by atoms with van der Waals surface area (Å²) in [5.41, 5.74) is 1.28. The molecule has 0 saturated heterocycles. The Morgan fingerprint density at radius 1 is 1.20 bits per heavy atom. The maximum Gasteiger partial charge on any atom is 0.254 e. The molecular formula is C16H19ClN2O. The summed E-state index contributed by atoms with van der Waals surface area (Å²) in [6.45, 7) is 2.69. The van der Waals surface area contributed by atoms with Crippen LogP contribution in [0.1, 0.15) is 31.2 Å². The van der Waals surface area contributed by atoms with Gasteiger partial charge in [-0.15, -0.1) is 0 Å². The Balaban J connectivity index is 1.93. The molecule has 0 amide bonds. The Labute approximate surface area is 124 Å². The highest BCUT2D eigenvalue weighted by atomic mass is 35.5. The minimum atomic E-state index is -0.0541. The van der Waals surface area contributed by atoms with E-state index in [-0.39, 0.29) is 10.7 Å². The molecule has 0 aliphatic rings. The van der Waals surface area contributed by atoms with E-state index >= 15 is 0 Å². The van der Waals surface area contributed by atoms with Gasteiger partial charge in [-0.1, -0.05) is 48.9 Å². The van der Waals surface area contributed by atoms with Gasteiger partial charge in [-0.25, -0.2) is 4.98 Å².